The van der Waals surface area contributed by atoms with Gasteiger partial charge in [-0.2, -0.15) is 0 Å². The lowest BCUT2D eigenvalue weighted by Crippen LogP contribution is -2.55. The molecule has 4 amide bonds. The first-order chi connectivity index (χ1) is 8.16. The predicted octanol–water partition coefficient (Wildman–Crippen LogP) is 1.25. The molecule has 0 aromatic rings. The van der Waals surface area contributed by atoms with Gasteiger partial charge in [0.15, 0.2) is 0 Å². The van der Waals surface area contributed by atoms with Gasteiger partial charge >= 0.3 is 6.03 Å². The molecule has 2 rings (SSSR count). The van der Waals surface area contributed by atoms with Crippen molar-refractivity contribution in [1.82, 2.24) is 10.6 Å². The van der Waals surface area contributed by atoms with Gasteiger partial charge in [-0.15, -0.1) is 0 Å². The van der Waals surface area contributed by atoms with E-state index in [0.29, 0.717) is 6.42 Å². The van der Waals surface area contributed by atoms with Crippen LogP contribution in [-0.4, -0.2) is 17.8 Å². The zero-order valence-corrected chi connectivity index (χ0v) is 9.62. The fraction of sp³-hybridized carbons (Fsp3) is 0.583. The van der Waals surface area contributed by atoms with Crippen LogP contribution in [0.1, 0.15) is 38.5 Å². The van der Waals surface area contributed by atoms with E-state index < -0.39 is 23.8 Å². The fourth-order valence-corrected chi connectivity index (χ4v) is 2.27. The average Bonchev–Trinajstić information content (AvgIpc) is 2.29. The van der Waals surface area contributed by atoms with E-state index >= 15 is 0 Å². The van der Waals surface area contributed by atoms with E-state index in [1.807, 2.05) is 0 Å². The molecule has 1 saturated heterocycles. The Labute approximate surface area is 99.6 Å². The first kappa shape index (κ1) is 11.8. The summed E-state index contributed by atoms with van der Waals surface area (Å²) in [5.74, 6) is -1.68. The number of carbonyl (C=O) groups is 3. The number of imide groups is 2. The average molecular weight is 236 g/mol. The van der Waals surface area contributed by atoms with Crippen molar-refractivity contribution in [3.05, 3.63) is 11.6 Å². The Morgan fingerprint density at radius 1 is 1.12 bits per heavy atom. The van der Waals surface area contributed by atoms with Crippen LogP contribution in [0.5, 0.6) is 0 Å². The molecular weight excluding hydrogens is 220 g/mol. The maximum absolute atomic E-state index is 11.5. The summed E-state index contributed by atoms with van der Waals surface area (Å²) < 4.78 is 0. The van der Waals surface area contributed by atoms with Gasteiger partial charge in [0.05, 0.1) is 0 Å². The van der Waals surface area contributed by atoms with Crippen LogP contribution in [0.25, 0.3) is 0 Å². The van der Waals surface area contributed by atoms with Gasteiger partial charge in [0.2, 0.25) is 11.8 Å². The normalized spacial score (nSPS) is 21.9. The molecular formula is C12H16N2O3. The lowest BCUT2D eigenvalue weighted by atomic mass is 9.91. The maximum atomic E-state index is 11.5. The van der Waals surface area contributed by atoms with Gasteiger partial charge in [0.1, 0.15) is 5.92 Å². The highest BCUT2D eigenvalue weighted by atomic mass is 16.2. The predicted molar refractivity (Wildman–Crippen MR) is 61.0 cm³/mol. The van der Waals surface area contributed by atoms with Crippen molar-refractivity contribution in [2.45, 2.75) is 38.5 Å². The number of barbiturate groups is 1. The second-order valence-corrected chi connectivity index (χ2v) is 4.51. The van der Waals surface area contributed by atoms with Gasteiger partial charge in [0.25, 0.3) is 0 Å². The standard InChI is InChI=1S/C12H16N2O3/c15-10-9(11(16)14-12(17)13-10)7-6-8-4-2-1-3-5-8/h4,9H,1-3,5-7H2,(H2,13,14,15,16,17). The van der Waals surface area contributed by atoms with E-state index in [9.17, 15) is 14.4 Å². The Hall–Kier alpha value is -1.65. The van der Waals surface area contributed by atoms with Crippen LogP contribution in [-0.2, 0) is 9.59 Å². The van der Waals surface area contributed by atoms with Crippen LogP contribution in [0.3, 0.4) is 0 Å². The van der Waals surface area contributed by atoms with E-state index in [1.54, 1.807) is 0 Å². The second kappa shape index (κ2) is 5.12. The Balaban J connectivity index is 1.89. The largest absolute Gasteiger partial charge is 0.328 e. The third-order valence-corrected chi connectivity index (χ3v) is 3.25. The highest BCUT2D eigenvalue weighted by Crippen LogP contribution is 2.23. The number of carbonyl (C=O) groups excluding carboxylic acids is 3. The van der Waals surface area contributed by atoms with Gasteiger partial charge < -0.3 is 0 Å². The summed E-state index contributed by atoms with van der Waals surface area (Å²) in [6.07, 6.45) is 8.02. The minimum atomic E-state index is -0.726. The Bertz CT molecular complexity index is 367. The Morgan fingerprint density at radius 3 is 2.41 bits per heavy atom. The minimum Gasteiger partial charge on any atom is -0.277 e. The van der Waals surface area contributed by atoms with Crippen LogP contribution in [0, 0.1) is 5.92 Å². The molecule has 0 atom stereocenters. The van der Waals surface area contributed by atoms with E-state index in [-0.39, 0.29) is 0 Å². The van der Waals surface area contributed by atoms with Crippen LogP contribution in [0.4, 0.5) is 4.79 Å². The quantitative estimate of drug-likeness (QED) is 0.572. The van der Waals surface area contributed by atoms with Crippen molar-refractivity contribution in [3.8, 4) is 0 Å². The number of hydrogen-bond donors (Lipinski definition) is 2. The second-order valence-electron chi connectivity index (χ2n) is 4.51. The summed E-state index contributed by atoms with van der Waals surface area (Å²) in [5.41, 5.74) is 1.33. The number of nitrogens with one attached hydrogen (secondary N) is 2. The number of amides is 4. The maximum Gasteiger partial charge on any atom is 0.328 e. The molecule has 0 aromatic heterocycles. The molecule has 1 heterocycles. The number of urea groups is 1. The van der Waals surface area contributed by atoms with E-state index in [2.05, 4.69) is 16.7 Å². The van der Waals surface area contributed by atoms with E-state index in [1.165, 1.54) is 18.4 Å². The fourth-order valence-electron chi connectivity index (χ4n) is 2.27. The van der Waals surface area contributed by atoms with Gasteiger partial charge in [-0.3, -0.25) is 20.2 Å². The molecule has 0 spiro atoms. The highest BCUT2D eigenvalue weighted by molar-refractivity contribution is 6.16. The summed E-state index contributed by atoms with van der Waals surface area (Å²) in [6, 6.07) is -0.715. The minimum absolute atomic E-state index is 0.477. The lowest BCUT2D eigenvalue weighted by molar-refractivity contribution is -0.136. The molecule has 5 nitrogen and oxygen atoms in total. The number of hydrogen-bond acceptors (Lipinski definition) is 3. The van der Waals surface area contributed by atoms with Crippen molar-refractivity contribution in [2.75, 3.05) is 0 Å². The monoisotopic (exact) mass is 236 g/mol. The zero-order chi connectivity index (χ0) is 12.3. The highest BCUT2D eigenvalue weighted by Gasteiger charge is 2.33. The van der Waals surface area contributed by atoms with E-state index in [4.69, 9.17) is 0 Å². The summed E-state index contributed by atoms with van der Waals surface area (Å²) in [5, 5.41) is 4.24. The van der Waals surface area contributed by atoms with Crippen LogP contribution >= 0.6 is 0 Å². The third-order valence-electron chi connectivity index (χ3n) is 3.25. The first-order valence-electron chi connectivity index (χ1n) is 6.00. The molecule has 0 saturated carbocycles. The number of allylic oxidation sites excluding steroid dienone is 2. The molecule has 2 N–H and O–H groups in total. The van der Waals surface area contributed by atoms with Crippen molar-refractivity contribution in [2.24, 2.45) is 5.92 Å². The van der Waals surface area contributed by atoms with E-state index in [0.717, 1.165) is 19.3 Å². The molecule has 17 heavy (non-hydrogen) atoms. The Kier molecular flexibility index (Phi) is 3.56. The molecule has 92 valence electrons. The van der Waals surface area contributed by atoms with Crippen LogP contribution in [0.2, 0.25) is 0 Å². The first-order valence-corrected chi connectivity index (χ1v) is 6.00. The molecule has 1 aliphatic carbocycles. The topological polar surface area (TPSA) is 75.3 Å². The molecule has 0 bridgehead atoms. The zero-order valence-electron chi connectivity index (χ0n) is 9.62. The molecule has 0 aromatic carbocycles. The molecule has 1 fully saturated rings. The summed E-state index contributed by atoms with van der Waals surface area (Å²) >= 11 is 0. The smallest absolute Gasteiger partial charge is 0.277 e. The molecule has 5 heteroatoms. The molecule has 0 unspecified atom stereocenters. The molecule has 2 aliphatic rings. The van der Waals surface area contributed by atoms with Crippen molar-refractivity contribution in [1.29, 1.82) is 0 Å². The van der Waals surface area contributed by atoms with Crippen molar-refractivity contribution >= 4 is 17.8 Å². The third kappa shape index (κ3) is 2.93. The van der Waals surface area contributed by atoms with Gasteiger partial charge in [0, 0.05) is 0 Å². The number of rotatable bonds is 3. The van der Waals surface area contributed by atoms with Crippen molar-refractivity contribution < 1.29 is 14.4 Å². The van der Waals surface area contributed by atoms with Crippen LogP contribution in [0.15, 0.2) is 11.6 Å². The SMILES string of the molecule is O=C1NC(=O)C(CCC2=CCCCC2)C(=O)N1. The lowest BCUT2D eigenvalue weighted by Gasteiger charge is -2.21. The summed E-state index contributed by atoms with van der Waals surface area (Å²) in [4.78, 5) is 33.8. The molecule has 0 radical (unpaired) electrons. The van der Waals surface area contributed by atoms with Crippen molar-refractivity contribution in [3.63, 3.8) is 0 Å². The van der Waals surface area contributed by atoms with Crippen LogP contribution < -0.4 is 10.6 Å². The Morgan fingerprint density at radius 2 is 1.82 bits per heavy atom. The summed E-state index contributed by atoms with van der Waals surface area (Å²) in [6.45, 7) is 0. The van der Waals surface area contributed by atoms with Gasteiger partial charge in [-0.25, -0.2) is 4.79 Å². The van der Waals surface area contributed by atoms with Gasteiger partial charge in [-0.1, -0.05) is 11.6 Å². The summed E-state index contributed by atoms with van der Waals surface area (Å²) in [7, 11) is 0. The van der Waals surface area contributed by atoms with Gasteiger partial charge in [-0.05, 0) is 38.5 Å². The molecule has 1 aliphatic heterocycles.